The largest absolute Gasteiger partial charge is 0.332 e. The average molecular weight is 286 g/mol. The van der Waals surface area contributed by atoms with Gasteiger partial charge in [-0.15, -0.1) is 0 Å². The first-order valence-corrected chi connectivity index (χ1v) is 6.48. The van der Waals surface area contributed by atoms with E-state index in [1.165, 1.54) is 4.42 Å². The maximum atomic E-state index is 6.20. The zero-order chi connectivity index (χ0) is 12.3. The van der Waals surface area contributed by atoms with Gasteiger partial charge in [0.1, 0.15) is 11.5 Å². The summed E-state index contributed by atoms with van der Waals surface area (Å²) in [6.07, 6.45) is 3.97. The molecule has 2 aromatic heterocycles. The van der Waals surface area contributed by atoms with Crippen molar-refractivity contribution in [1.82, 2.24) is 24.1 Å². The predicted octanol–water partition coefficient (Wildman–Crippen LogP) is 2.47. The number of fused-ring (bicyclic) bond motifs is 1. The Morgan fingerprint density at radius 3 is 3.00 bits per heavy atom. The molecule has 6 nitrogen and oxygen atoms in total. The van der Waals surface area contributed by atoms with Gasteiger partial charge in [0.2, 0.25) is 0 Å². The zero-order valence-corrected chi connectivity index (χ0v) is 10.8. The SMILES string of the molecule is ClC1N(Cl)Cc2ncc(-c3nc(C4CC4)no3)n21. The summed E-state index contributed by atoms with van der Waals surface area (Å²) >= 11 is 12.2. The third-order valence-corrected chi connectivity index (χ3v) is 4.05. The van der Waals surface area contributed by atoms with E-state index in [1.807, 2.05) is 0 Å². The molecule has 0 spiro atoms. The van der Waals surface area contributed by atoms with E-state index in [9.17, 15) is 0 Å². The van der Waals surface area contributed by atoms with Crippen LogP contribution in [-0.2, 0) is 6.54 Å². The minimum Gasteiger partial charge on any atom is -0.332 e. The van der Waals surface area contributed by atoms with Gasteiger partial charge in [0, 0.05) is 5.92 Å². The molecule has 1 saturated carbocycles. The fraction of sp³-hybridized carbons (Fsp3) is 0.500. The van der Waals surface area contributed by atoms with Crippen molar-refractivity contribution in [3.63, 3.8) is 0 Å². The van der Waals surface area contributed by atoms with Crippen LogP contribution in [0.3, 0.4) is 0 Å². The third kappa shape index (κ3) is 1.49. The lowest BCUT2D eigenvalue weighted by Crippen LogP contribution is -2.09. The van der Waals surface area contributed by atoms with E-state index < -0.39 is 5.62 Å². The molecule has 0 N–H and O–H groups in total. The van der Waals surface area contributed by atoms with E-state index >= 15 is 0 Å². The summed E-state index contributed by atoms with van der Waals surface area (Å²) in [5.74, 6) is 2.48. The Morgan fingerprint density at radius 2 is 2.22 bits per heavy atom. The third-order valence-electron chi connectivity index (χ3n) is 3.21. The number of rotatable bonds is 2. The van der Waals surface area contributed by atoms with E-state index in [1.54, 1.807) is 10.8 Å². The highest BCUT2D eigenvalue weighted by Gasteiger charge is 2.34. The summed E-state index contributed by atoms with van der Waals surface area (Å²) in [4.78, 5) is 8.66. The Morgan fingerprint density at radius 1 is 1.39 bits per heavy atom. The van der Waals surface area contributed by atoms with E-state index in [-0.39, 0.29) is 0 Å². The van der Waals surface area contributed by atoms with Gasteiger partial charge in [0.15, 0.2) is 11.4 Å². The molecule has 1 aliphatic heterocycles. The van der Waals surface area contributed by atoms with Gasteiger partial charge in [-0.1, -0.05) is 16.8 Å². The standard InChI is InChI=1S/C10H9Cl2N5O/c11-10-16(12)4-7-13-3-6(17(7)10)9-14-8(15-18-9)5-1-2-5/h3,5,10H,1-2,4H2. The van der Waals surface area contributed by atoms with Gasteiger partial charge in [-0.2, -0.15) is 9.40 Å². The summed E-state index contributed by atoms with van der Waals surface area (Å²) in [5, 5.41) is 3.99. The first-order valence-electron chi connectivity index (χ1n) is 5.70. The fourth-order valence-electron chi connectivity index (χ4n) is 2.09. The summed E-state index contributed by atoms with van der Waals surface area (Å²) in [6, 6.07) is 0. The maximum Gasteiger partial charge on any atom is 0.276 e. The molecule has 3 heterocycles. The van der Waals surface area contributed by atoms with Gasteiger partial charge in [0.05, 0.1) is 12.7 Å². The number of alkyl halides is 1. The lowest BCUT2D eigenvalue weighted by molar-refractivity contribution is 0.402. The molecule has 2 aliphatic rings. The summed E-state index contributed by atoms with van der Waals surface area (Å²) in [7, 11) is 0. The molecule has 8 heteroatoms. The normalized spacial score (nSPS) is 23.6. The smallest absolute Gasteiger partial charge is 0.276 e. The van der Waals surface area contributed by atoms with Crippen molar-refractivity contribution < 1.29 is 4.52 Å². The second kappa shape index (κ2) is 3.69. The highest BCUT2D eigenvalue weighted by molar-refractivity contribution is 6.24. The quantitative estimate of drug-likeness (QED) is 0.482. The first-order chi connectivity index (χ1) is 8.74. The number of halogens is 2. The van der Waals surface area contributed by atoms with Gasteiger partial charge >= 0.3 is 0 Å². The molecule has 0 amide bonds. The Kier molecular flexibility index (Phi) is 2.21. The predicted molar refractivity (Wildman–Crippen MR) is 63.8 cm³/mol. The van der Waals surface area contributed by atoms with Crippen molar-refractivity contribution in [2.45, 2.75) is 30.9 Å². The number of aromatic nitrogens is 4. The van der Waals surface area contributed by atoms with Crippen LogP contribution in [0.2, 0.25) is 0 Å². The van der Waals surface area contributed by atoms with Crippen LogP contribution < -0.4 is 0 Å². The highest BCUT2D eigenvalue weighted by Crippen LogP contribution is 2.40. The molecule has 18 heavy (non-hydrogen) atoms. The Hall–Kier alpha value is -1.11. The van der Waals surface area contributed by atoms with Gasteiger partial charge < -0.3 is 4.52 Å². The second-order valence-corrected chi connectivity index (χ2v) is 5.35. The van der Waals surface area contributed by atoms with Crippen molar-refractivity contribution in [1.29, 1.82) is 0 Å². The average Bonchev–Trinajstić information content (AvgIpc) is 2.83. The van der Waals surface area contributed by atoms with E-state index in [2.05, 4.69) is 15.1 Å². The molecular weight excluding hydrogens is 277 g/mol. The molecule has 0 radical (unpaired) electrons. The fourth-order valence-corrected chi connectivity index (χ4v) is 2.58. The van der Waals surface area contributed by atoms with Crippen LogP contribution in [0.15, 0.2) is 10.7 Å². The van der Waals surface area contributed by atoms with Crippen molar-refractivity contribution in [3.05, 3.63) is 17.8 Å². The molecular formula is C10H9Cl2N5O. The molecule has 0 bridgehead atoms. The number of nitrogens with zero attached hydrogens (tertiary/aromatic N) is 5. The van der Waals surface area contributed by atoms with E-state index in [0.29, 0.717) is 24.0 Å². The molecule has 4 rings (SSSR count). The minimum atomic E-state index is -0.476. The molecule has 0 saturated heterocycles. The van der Waals surface area contributed by atoms with Gasteiger partial charge in [0.25, 0.3) is 5.89 Å². The van der Waals surface area contributed by atoms with E-state index in [0.717, 1.165) is 24.5 Å². The molecule has 1 fully saturated rings. The Balaban J connectivity index is 1.76. The Bertz CT molecular complexity index is 605. The van der Waals surface area contributed by atoms with Crippen LogP contribution in [0.4, 0.5) is 0 Å². The maximum absolute atomic E-state index is 6.20. The Labute approximate surface area is 113 Å². The van der Waals surface area contributed by atoms with Crippen molar-refractivity contribution >= 4 is 23.4 Å². The number of imidazole rings is 1. The number of hydrogen-bond donors (Lipinski definition) is 0. The van der Waals surface area contributed by atoms with Crippen molar-refractivity contribution in [2.75, 3.05) is 0 Å². The first kappa shape index (κ1) is 10.8. The zero-order valence-electron chi connectivity index (χ0n) is 9.25. The highest BCUT2D eigenvalue weighted by atomic mass is 35.5. The van der Waals surface area contributed by atoms with Crippen LogP contribution in [-0.4, -0.2) is 24.1 Å². The van der Waals surface area contributed by atoms with Crippen LogP contribution in [0, 0.1) is 0 Å². The monoisotopic (exact) mass is 285 g/mol. The van der Waals surface area contributed by atoms with Crippen LogP contribution in [0.5, 0.6) is 0 Å². The molecule has 1 aliphatic carbocycles. The topological polar surface area (TPSA) is 60.0 Å². The summed E-state index contributed by atoms with van der Waals surface area (Å²) < 4.78 is 8.56. The molecule has 1 atom stereocenters. The molecule has 1 unspecified atom stereocenters. The van der Waals surface area contributed by atoms with E-state index in [4.69, 9.17) is 27.9 Å². The summed E-state index contributed by atoms with van der Waals surface area (Å²) in [6.45, 7) is 0.499. The van der Waals surface area contributed by atoms with Gasteiger partial charge in [-0.05, 0) is 24.6 Å². The van der Waals surface area contributed by atoms with Crippen LogP contribution in [0.25, 0.3) is 11.6 Å². The second-order valence-electron chi connectivity index (χ2n) is 4.53. The van der Waals surface area contributed by atoms with Gasteiger partial charge in [-0.25, -0.2) is 4.98 Å². The minimum absolute atomic E-state index is 0.452. The molecule has 94 valence electrons. The summed E-state index contributed by atoms with van der Waals surface area (Å²) in [5.41, 5.74) is 0.239. The van der Waals surface area contributed by atoms with Gasteiger partial charge in [-0.3, -0.25) is 4.57 Å². The molecule has 2 aromatic rings. The lowest BCUT2D eigenvalue weighted by atomic mass is 10.4. The van der Waals surface area contributed by atoms with Crippen molar-refractivity contribution in [2.24, 2.45) is 0 Å². The molecule has 0 aromatic carbocycles. The lowest BCUT2D eigenvalue weighted by Gasteiger charge is -2.11. The van der Waals surface area contributed by atoms with Crippen LogP contribution in [0.1, 0.15) is 36.0 Å². The van der Waals surface area contributed by atoms with Crippen LogP contribution >= 0.6 is 23.4 Å². The number of hydrogen-bond acceptors (Lipinski definition) is 5. The van der Waals surface area contributed by atoms with Crippen molar-refractivity contribution in [3.8, 4) is 11.6 Å².